The van der Waals surface area contributed by atoms with Crippen LogP contribution in [-0.2, 0) is 19.6 Å². The van der Waals surface area contributed by atoms with Gasteiger partial charge in [-0.1, -0.05) is 6.07 Å². The van der Waals surface area contributed by atoms with Crippen molar-refractivity contribution in [3.63, 3.8) is 0 Å². The normalized spacial score (nSPS) is 11.2. The molecule has 0 saturated heterocycles. The zero-order chi connectivity index (χ0) is 13.8. The van der Waals surface area contributed by atoms with Crippen LogP contribution < -0.4 is 10.5 Å². The van der Waals surface area contributed by atoms with E-state index in [9.17, 15) is 13.2 Å². The summed E-state index contributed by atoms with van der Waals surface area (Å²) in [6, 6.07) is 4.59. The molecule has 0 fully saturated rings. The first-order chi connectivity index (χ1) is 8.36. The number of hydrogen-bond acceptors (Lipinski definition) is 5. The molecular formula is C11H16N2O4S. The average molecular weight is 272 g/mol. The van der Waals surface area contributed by atoms with E-state index in [0.717, 1.165) is 5.56 Å². The third kappa shape index (κ3) is 3.71. The van der Waals surface area contributed by atoms with Crippen LogP contribution >= 0.6 is 0 Å². The van der Waals surface area contributed by atoms with E-state index in [1.54, 1.807) is 26.0 Å². The van der Waals surface area contributed by atoms with Crippen LogP contribution in [0.15, 0.2) is 23.1 Å². The topological polar surface area (TPSA) is 98.5 Å². The molecule has 0 aromatic heterocycles. The summed E-state index contributed by atoms with van der Waals surface area (Å²) < 4.78 is 30.5. The lowest BCUT2D eigenvalue weighted by molar-refractivity contribution is -0.141. The molecule has 0 amide bonds. The van der Waals surface area contributed by atoms with Crippen LogP contribution in [0.3, 0.4) is 0 Å². The molecule has 0 heterocycles. The Labute approximate surface area is 106 Å². The first kappa shape index (κ1) is 14.5. The van der Waals surface area contributed by atoms with Crippen molar-refractivity contribution in [2.45, 2.75) is 18.7 Å². The lowest BCUT2D eigenvalue weighted by Gasteiger charge is -2.09. The highest BCUT2D eigenvalue weighted by Gasteiger charge is 2.18. The third-order valence-corrected chi connectivity index (χ3v) is 3.64. The summed E-state index contributed by atoms with van der Waals surface area (Å²) in [6.07, 6.45) is 0. The van der Waals surface area contributed by atoms with Crippen molar-refractivity contribution in [2.75, 3.05) is 18.9 Å². The van der Waals surface area contributed by atoms with Crippen LogP contribution in [0.2, 0.25) is 0 Å². The maximum atomic E-state index is 11.9. The second kappa shape index (κ2) is 5.83. The highest BCUT2D eigenvalue weighted by Crippen LogP contribution is 2.18. The van der Waals surface area contributed by atoms with Gasteiger partial charge in [0, 0.05) is 0 Å². The average Bonchev–Trinajstić information content (AvgIpc) is 2.26. The second-order valence-corrected chi connectivity index (χ2v) is 5.41. The third-order valence-electron chi connectivity index (χ3n) is 2.17. The fourth-order valence-electron chi connectivity index (χ4n) is 1.36. The van der Waals surface area contributed by atoms with Gasteiger partial charge in [0.2, 0.25) is 10.0 Å². The minimum Gasteiger partial charge on any atom is -0.465 e. The number of hydrogen-bond donors (Lipinski definition) is 2. The van der Waals surface area contributed by atoms with Crippen LogP contribution in [0.5, 0.6) is 0 Å². The number of ether oxygens (including phenoxy) is 1. The van der Waals surface area contributed by atoms with Crippen LogP contribution in [0.4, 0.5) is 5.69 Å². The van der Waals surface area contributed by atoms with Gasteiger partial charge in [0.15, 0.2) is 0 Å². The summed E-state index contributed by atoms with van der Waals surface area (Å²) in [5.74, 6) is -0.633. The summed E-state index contributed by atoms with van der Waals surface area (Å²) >= 11 is 0. The molecule has 0 unspecified atom stereocenters. The van der Waals surface area contributed by atoms with Crippen LogP contribution in [0.1, 0.15) is 12.5 Å². The minimum atomic E-state index is -3.80. The smallest absolute Gasteiger partial charge is 0.321 e. The molecule has 18 heavy (non-hydrogen) atoms. The van der Waals surface area contributed by atoms with Crippen molar-refractivity contribution < 1.29 is 17.9 Å². The van der Waals surface area contributed by atoms with Crippen molar-refractivity contribution in [2.24, 2.45) is 0 Å². The monoisotopic (exact) mass is 272 g/mol. The molecule has 100 valence electrons. The molecule has 3 N–H and O–H groups in total. The van der Waals surface area contributed by atoms with Crippen LogP contribution in [0.25, 0.3) is 0 Å². The van der Waals surface area contributed by atoms with Gasteiger partial charge >= 0.3 is 5.97 Å². The van der Waals surface area contributed by atoms with Crippen LogP contribution in [-0.4, -0.2) is 27.5 Å². The summed E-state index contributed by atoms with van der Waals surface area (Å²) in [7, 11) is -3.80. The predicted molar refractivity (Wildman–Crippen MR) is 67.4 cm³/mol. The standard InChI is InChI=1S/C11H16N2O4S/c1-3-17-11(14)7-13-18(15,16)10-5-4-8(2)6-9(10)12/h4-6,13H,3,7,12H2,1-2H3. The maximum absolute atomic E-state index is 11.9. The summed E-state index contributed by atoms with van der Waals surface area (Å²) in [4.78, 5) is 11.0. The predicted octanol–water partition coefficient (Wildman–Crippen LogP) is 0.419. The van der Waals surface area contributed by atoms with E-state index >= 15 is 0 Å². The molecule has 1 aromatic rings. The summed E-state index contributed by atoms with van der Waals surface area (Å²) in [5, 5.41) is 0. The molecule has 1 rings (SSSR count). The molecule has 0 saturated carbocycles. The van der Waals surface area contributed by atoms with E-state index in [1.165, 1.54) is 6.07 Å². The summed E-state index contributed by atoms with van der Waals surface area (Å²) in [6.45, 7) is 3.24. The van der Waals surface area contributed by atoms with Gasteiger partial charge in [-0.3, -0.25) is 4.79 Å². The van der Waals surface area contributed by atoms with Gasteiger partial charge in [-0.15, -0.1) is 0 Å². The van der Waals surface area contributed by atoms with Crippen molar-refractivity contribution in [1.82, 2.24) is 4.72 Å². The zero-order valence-electron chi connectivity index (χ0n) is 10.3. The molecule has 0 bridgehead atoms. The van der Waals surface area contributed by atoms with Crippen LogP contribution in [0, 0.1) is 6.92 Å². The van der Waals surface area contributed by atoms with E-state index in [1.807, 2.05) is 0 Å². The summed E-state index contributed by atoms with van der Waals surface area (Å²) in [5.41, 5.74) is 6.64. The number of sulfonamides is 1. The van der Waals surface area contributed by atoms with Gasteiger partial charge in [-0.25, -0.2) is 8.42 Å². The van der Waals surface area contributed by atoms with E-state index in [0.29, 0.717) is 0 Å². The fourth-order valence-corrected chi connectivity index (χ4v) is 2.44. The Hall–Kier alpha value is -1.60. The maximum Gasteiger partial charge on any atom is 0.321 e. The molecule has 0 aliphatic carbocycles. The van der Waals surface area contributed by atoms with Gasteiger partial charge in [0.25, 0.3) is 0 Å². The molecular weight excluding hydrogens is 256 g/mol. The minimum absolute atomic E-state index is 0.0441. The Morgan fingerprint density at radius 1 is 1.44 bits per heavy atom. The Balaban J connectivity index is 2.83. The van der Waals surface area contributed by atoms with E-state index in [4.69, 9.17) is 5.73 Å². The number of carbonyl (C=O) groups excluding carboxylic acids is 1. The zero-order valence-corrected chi connectivity index (χ0v) is 11.1. The fraction of sp³-hybridized carbons (Fsp3) is 0.364. The number of anilines is 1. The van der Waals surface area contributed by atoms with Gasteiger partial charge in [0.05, 0.1) is 12.3 Å². The molecule has 0 atom stereocenters. The Morgan fingerprint density at radius 2 is 2.11 bits per heavy atom. The SMILES string of the molecule is CCOC(=O)CNS(=O)(=O)c1ccc(C)cc1N. The number of esters is 1. The number of nitrogens with one attached hydrogen (secondary N) is 1. The van der Waals surface area contributed by atoms with Crippen molar-refractivity contribution in [3.8, 4) is 0 Å². The Bertz CT molecular complexity index is 540. The second-order valence-electron chi connectivity index (χ2n) is 3.67. The first-order valence-electron chi connectivity index (χ1n) is 5.38. The number of rotatable bonds is 5. The Morgan fingerprint density at radius 3 is 2.67 bits per heavy atom. The van der Waals surface area contributed by atoms with E-state index < -0.39 is 22.5 Å². The molecule has 0 radical (unpaired) electrons. The van der Waals surface area contributed by atoms with Gasteiger partial charge in [-0.2, -0.15) is 4.72 Å². The quantitative estimate of drug-likeness (QED) is 0.598. The number of aryl methyl sites for hydroxylation is 1. The highest BCUT2D eigenvalue weighted by atomic mass is 32.2. The van der Waals surface area contributed by atoms with Crippen molar-refractivity contribution in [3.05, 3.63) is 23.8 Å². The Kier molecular flexibility index (Phi) is 4.69. The first-order valence-corrected chi connectivity index (χ1v) is 6.86. The highest BCUT2D eigenvalue weighted by molar-refractivity contribution is 7.89. The number of nitrogen functional groups attached to an aromatic ring is 1. The van der Waals surface area contributed by atoms with Gasteiger partial charge in [-0.05, 0) is 31.5 Å². The molecule has 0 spiro atoms. The van der Waals surface area contributed by atoms with E-state index in [-0.39, 0.29) is 17.2 Å². The van der Waals surface area contributed by atoms with E-state index in [2.05, 4.69) is 9.46 Å². The lowest BCUT2D eigenvalue weighted by atomic mass is 10.2. The van der Waals surface area contributed by atoms with Crippen molar-refractivity contribution in [1.29, 1.82) is 0 Å². The molecule has 1 aromatic carbocycles. The van der Waals surface area contributed by atoms with Gasteiger partial charge < -0.3 is 10.5 Å². The van der Waals surface area contributed by atoms with Gasteiger partial charge in [0.1, 0.15) is 11.4 Å². The molecule has 0 aliphatic heterocycles. The number of nitrogens with two attached hydrogens (primary N) is 1. The lowest BCUT2D eigenvalue weighted by Crippen LogP contribution is -2.31. The molecule has 0 aliphatic rings. The molecule has 7 heteroatoms. The van der Waals surface area contributed by atoms with Crippen molar-refractivity contribution >= 4 is 21.7 Å². The number of benzene rings is 1. The molecule has 6 nitrogen and oxygen atoms in total. The largest absolute Gasteiger partial charge is 0.465 e. The number of carbonyl (C=O) groups is 1.